The van der Waals surface area contributed by atoms with Crippen molar-refractivity contribution in [3.05, 3.63) is 47.8 Å². The zero-order valence-corrected chi connectivity index (χ0v) is 10.1. The fraction of sp³-hybridized carbons (Fsp3) is 0.308. The van der Waals surface area contributed by atoms with E-state index in [4.69, 9.17) is 0 Å². The highest BCUT2D eigenvalue weighted by molar-refractivity contribution is 5.47. The molecule has 4 heteroatoms. The van der Waals surface area contributed by atoms with Crippen LogP contribution in [-0.2, 0) is 6.54 Å². The van der Waals surface area contributed by atoms with E-state index in [1.54, 1.807) is 25.3 Å². The van der Waals surface area contributed by atoms with Crippen molar-refractivity contribution in [2.24, 2.45) is 0 Å². The molecule has 0 amide bonds. The van der Waals surface area contributed by atoms with Crippen molar-refractivity contribution in [1.29, 1.82) is 0 Å². The zero-order chi connectivity index (χ0) is 12.3. The van der Waals surface area contributed by atoms with E-state index in [1.807, 2.05) is 23.8 Å². The molecular formula is C13H16FN3. The SMILES string of the molecule is Cc1cccc(NCCn2ccnc2C)c1F. The van der Waals surface area contributed by atoms with Gasteiger partial charge in [0.05, 0.1) is 5.69 Å². The van der Waals surface area contributed by atoms with Crippen LogP contribution >= 0.6 is 0 Å². The Morgan fingerprint density at radius 3 is 2.88 bits per heavy atom. The van der Waals surface area contributed by atoms with Gasteiger partial charge in [0.25, 0.3) is 0 Å². The number of halogens is 1. The van der Waals surface area contributed by atoms with E-state index < -0.39 is 0 Å². The molecule has 1 heterocycles. The van der Waals surface area contributed by atoms with Crippen molar-refractivity contribution >= 4 is 5.69 Å². The third-order valence-corrected chi connectivity index (χ3v) is 2.78. The second-order valence-corrected chi connectivity index (χ2v) is 4.03. The molecule has 3 nitrogen and oxygen atoms in total. The van der Waals surface area contributed by atoms with Crippen LogP contribution in [-0.4, -0.2) is 16.1 Å². The van der Waals surface area contributed by atoms with Crippen molar-refractivity contribution in [1.82, 2.24) is 9.55 Å². The maximum absolute atomic E-state index is 13.7. The first-order valence-electron chi connectivity index (χ1n) is 5.65. The van der Waals surface area contributed by atoms with Gasteiger partial charge in [0.1, 0.15) is 11.6 Å². The quantitative estimate of drug-likeness (QED) is 0.880. The Kier molecular flexibility index (Phi) is 3.42. The lowest BCUT2D eigenvalue weighted by atomic mass is 10.2. The van der Waals surface area contributed by atoms with E-state index in [0.717, 1.165) is 12.4 Å². The van der Waals surface area contributed by atoms with Crippen LogP contribution in [0.1, 0.15) is 11.4 Å². The standard InChI is InChI=1S/C13H16FN3/c1-10-4-3-5-12(13(10)14)16-7-9-17-8-6-15-11(17)2/h3-6,8,16H,7,9H2,1-2H3. The largest absolute Gasteiger partial charge is 0.381 e. The van der Waals surface area contributed by atoms with Crippen LogP contribution in [0.5, 0.6) is 0 Å². The lowest BCUT2D eigenvalue weighted by molar-refractivity contribution is 0.618. The molecule has 0 aliphatic rings. The second kappa shape index (κ2) is 4.99. The molecule has 0 fully saturated rings. The topological polar surface area (TPSA) is 29.9 Å². The smallest absolute Gasteiger partial charge is 0.149 e. The summed E-state index contributed by atoms with van der Waals surface area (Å²) >= 11 is 0. The van der Waals surface area contributed by atoms with Crippen LogP contribution in [0.2, 0.25) is 0 Å². The highest BCUT2D eigenvalue weighted by atomic mass is 19.1. The summed E-state index contributed by atoms with van der Waals surface area (Å²) in [5.74, 6) is 0.798. The van der Waals surface area contributed by atoms with Crippen LogP contribution in [0.3, 0.4) is 0 Å². The number of aryl methyl sites for hydroxylation is 2. The van der Waals surface area contributed by atoms with Gasteiger partial charge in [-0.1, -0.05) is 12.1 Å². The summed E-state index contributed by atoms with van der Waals surface area (Å²) in [7, 11) is 0. The fourth-order valence-electron chi connectivity index (χ4n) is 1.74. The molecule has 1 aromatic heterocycles. The highest BCUT2D eigenvalue weighted by Crippen LogP contribution is 2.16. The lowest BCUT2D eigenvalue weighted by Gasteiger charge is -2.10. The number of anilines is 1. The Hall–Kier alpha value is -1.84. The van der Waals surface area contributed by atoms with Crippen LogP contribution in [0.25, 0.3) is 0 Å². The van der Waals surface area contributed by atoms with E-state index in [-0.39, 0.29) is 5.82 Å². The van der Waals surface area contributed by atoms with Crippen LogP contribution in [0.4, 0.5) is 10.1 Å². The monoisotopic (exact) mass is 233 g/mol. The van der Waals surface area contributed by atoms with Gasteiger partial charge < -0.3 is 9.88 Å². The summed E-state index contributed by atoms with van der Waals surface area (Å²) in [5, 5.41) is 3.10. The van der Waals surface area contributed by atoms with Gasteiger partial charge in [-0.15, -0.1) is 0 Å². The molecule has 0 aliphatic heterocycles. The Balaban J connectivity index is 1.95. The van der Waals surface area contributed by atoms with Gasteiger partial charge >= 0.3 is 0 Å². The average Bonchev–Trinajstić information content (AvgIpc) is 2.71. The summed E-state index contributed by atoms with van der Waals surface area (Å²) in [6.07, 6.45) is 3.69. The van der Waals surface area contributed by atoms with Crippen LogP contribution in [0, 0.1) is 19.7 Å². The minimum atomic E-state index is -0.171. The zero-order valence-electron chi connectivity index (χ0n) is 10.1. The third kappa shape index (κ3) is 2.64. The summed E-state index contributed by atoms with van der Waals surface area (Å²) in [4.78, 5) is 4.14. The minimum Gasteiger partial charge on any atom is -0.381 e. The molecule has 90 valence electrons. The van der Waals surface area contributed by atoms with Gasteiger partial charge in [0.15, 0.2) is 0 Å². The molecule has 1 aromatic carbocycles. The van der Waals surface area contributed by atoms with Gasteiger partial charge in [-0.25, -0.2) is 9.37 Å². The molecule has 0 bridgehead atoms. The average molecular weight is 233 g/mol. The first-order chi connectivity index (χ1) is 8.18. The molecule has 1 N–H and O–H groups in total. The first kappa shape index (κ1) is 11.6. The summed E-state index contributed by atoms with van der Waals surface area (Å²) < 4.78 is 15.7. The number of imidazole rings is 1. The van der Waals surface area contributed by atoms with Crippen molar-refractivity contribution in [3.8, 4) is 0 Å². The van der Waals surface area contributed by atoms with E-state index >= 15 is 0 Å². The molecule has 2 rings (SSSR count). The molecule has 0 spiro atoms. The molecule has 0 atom stereocenters. The van der Waals surface area contributed by atoms with Crippen molar-refractivity contribution < 1.29 is 4.39 Å². The molecule has 0 radical (unpaired) electrons. The number of hydrogen-bond donors (Lipinski definition) is 1. The highest BCUT2D eigenvalue weighted by Gasteiger charge is 2.03. The molecule has 0 saturated heterocycles. The maximum atomic E-state index is 13.7. The second-order valence-electron chi connectivity index (χ2n) is 4.03. The van der Waals surface area contributed by atoms with E-state index in [0.29, 0.717) is 17.8 Å². The molecule has 17 heavy (non-hydrogen) atoms. The fourth-order valence-corrected chi connectivity index (χ4v) is 1.74. The van der Waals surface area contributed by atoms with Gasteiger partial charge in [-0.2, -0.15) is 0 Å². The number of rotatable bonds is 4. The van der Waals surface area contributed by atoms with Crippen LogP contribution < -0.4 is 5.32 Å². The molecule has 0 aliphatic carbocycles. The van der Waals surface area contributed by atoms with Gasteiger partial charge in [-0.05, 0) is 25.5 Å². The number of benzene rings is 1. The number of hydrogen-bond acceptors (Lipinski definition) is 2. The minimum absolute atomic E-state index is 0.171. The van der Waals surface area contributed by atoms with Crippen molar-refractivity contribution in [2.45, 2.75) is 20.4 Å². The van der Waals surface area contributed by atoms with Gasteiger partial charge in [0, 0.05) is 25.5 Å². The Morgan fingerprint density at radius 1 is 1.35 bits per heavy atom. The lowest BCUT2D eigenvalue weighted by Crippen LogP contribution is -2.12. The van der Waals surface area contributed by atoms with Crippen molar-refractivity contribution in [3.63, 3.8) is 0 Å². The Labute approximate surface area is 100 Å². The van der Waals surface area contributed by atoms with E-state index in [2.05, 4.69) is 10.3 Å². The van der Waals surface area contributed by atoms with Crippen molar-refractivity contribution in [2.75, 3.05) is 11.9 Å². The number of nitrogens with one attached hydrogen (secondary N) is 1. The summed E-state index contributed by atoms with van der Waals surface area (Å²) in [5.41, 5.74) is 1.22. The molecule has 0 saturated carbocycles. The van der Waals surface area contributed by atoms with E-state index in [9.17, 15) is 4.39 Å². The predicted octanol–water partition coefficient (Wildman–Crippen LogP) is 2.75. The van der Waals surface area contributed by atoms with Gasteiger partial charge in [0.2, 0.25) is 0 Å². The summed E-state index contributed by atoms with van der Waals surface area (Å²) in [6.45, 7) is 5.17. The molecule has 0 unspecified atom stereocenters. The normalized spacial score (nSPS) is 10.5. The number of nitrogens with zero attached hydrogens (tertiary/aromatic N) is 2. The van der Waals surface area contributed by atoms with Crippen LogP contribution in [0.15, 0.2) is 30.6 Å². The third-order valence-electron chi connectivity index (χ3n) is 2.78. The maximum Gasteiger partial charge on any atom is 0.149 e. The first-order valence-corrected chi connectivity index (χ1v) is 5.65. The molecule has 2 aromatic rings. The number of aromatic nitrogens is 2. The molecular weight excluding hydrogens is 217 g/mol. The summed E-state index contributed by atoms with van der Waals surface area (Å²) in [6, 6.07) is 5.37. The Morgan fingerprint density at radius 2 is 2.18 bits per heavy atom. The van der Waals surface area contributed by atoms with E-state index in [1.165, 1.54) is 0 Å². The Bertz CT molecular complexity index is 505. The predicted molar refractivity (Wildman–Crippen MR) is 66.6 cm³/mol. The van der Waals surface area contributed by atoms with Gasteiger partial charge in [-0.3, -0.25) is 0 Å².